The summed E-state index contributed by atoms with van der Waals surface area (Å²) in [7, 11) is 0. The molecule has 5 atom stereocenters. The molecule has 1 aromatic rings. The Labute approximate surface area is 223 Å². The molecule has 0 aliphatic carbocycles. The average Bonchev–Trinajstić information content (AvgIpc) is 3.13. The van der Waals surface area contributed by atoms with Crippen LogP contribution in [0.25, 0.3) is 0 Å². The lowest BCUT2D eigenvalue weighted by Crippen LogP contribution is -2.54. The summed E-state index contributed by atoms with van der Waals surface area (Å²) in [6.07, 6.45) is 9.41. The first-order valence-corrected chi connectivity index (χ1v) is 14.2. The van der Waals surface area contributed by atoms with E-state index in [0.29, 0.717) is 39.0 Å². The Hall–Kier alpha value is -2.58. The van der Waals surface area contributed by atoms with Gasteiger partial charge in [0, 0.05) is 43.6 Å². The molecule has 0 bridgehead atoms. The van der Waals surface area contributed by atoms with E-state index in [0.717, 1.165) is 5.56 Å². The van der Waals surface area contributed by atoms with Gasteiger partial charge >= 0.3 is 0 Å². The Morgan fingerprint density at radius 3 is 2.41 bits per heavy atom. The van der Waals surface area contributed by atoms with E-state index in [9.17, 15) is 19.5 Å². The fourth-order valence-electron chi connectivity index (χ4n) is 6.63. The minimum atomic E-state index is -0.813. The van der Waals surface area contributed by atoms with Crippen molar-refractivity contribution in [1.82, 2.24) is 14.7 Å². The lowest BCUT2D eigenvalue weighted by Gasteiger charge is -2.37. The second kappa shape index (κ2) is 9.95. The van der Waals surface area contributed by atoms with E-state index in [1.165, 1.54) is 0 Å². The Balaban J connectivity index is 1.57. The van der Waals surface area contributed by atoms with Gasteiger partial charge in [0.25, 0.3) is 0 Å². The maximum atomic E-state index is 14.3. The number of hydrogen-bond donors (Lipinski definition) is 1. The summed E-state index contributed by atoms with van der Waals surface area (Å²) in [5.74, 6) is -1.38. The quantitative estimate of drug-likeness (QED) is 0.439. The number of aliphatic hydroxyl groups is 1. The van der Waals surface area contributed by atoms with E-state index in [1.807, 2.05) is 66.1 Å². The molecule has 2 fully saturated rings. The van der Waals surface area contributed by atoms with Gasteiger partial charge in [-0.1, -0.05) is 54.6 Å². The van der Waals surface area contributed by atoms with Crippen molar-refractivity contribution in [2.24, 2.45) is 11.8 Å². The Kier molecular flexibility index (Phi) is 7.00. The van der Waals surface area contributed by atoms with E-state index in [2.05, 4.69) is 19.1 Å². The van der Waals surface area contributed by atoms with Crippen molar-refractivity contribution in [3.8, 4) is 0 Å². The average molecular weight is 524 g/mol. The minimum Gasteiger partial charge on any atom is -0.396 e. The number of unbranched alkanes of at least 4 members (excludes halogenated alkanes) is 1. The molecule has 1 spiro atoms. The number of carbonyl (C=O) groups is 3. The fourth-order valence-corrected chi connectivity index (χ4v) is 8.79. The zero-order chi connectivity index (χ0) is 26.4. The molecule has 3 amide bonds. The molecule has 1 unspecified atom stereocenters. The molecule has 37 heavy (non-hydrogen) atoms. The third kappa shape index (κ3) is 4.22. The van der Waals surface area contributed by atoms with E-state index >= 15 is 0 Å². The monoisotopic (exact) mass is 523 g/mol. The standard InChI is InChI=1S/C29H37N3O4S/c1-20(2)31-17-10-14-29-23(26(35)32(16-7-8-18-33)24(29)27(31)36)22-25(34)30(15-9-13-28(22,3)37-29)19-21-11-5-4-6-12-21/h4-6,9-14,20,22-24,33H,7-8,15-19H2,1-3H3/t22-,23-,24?,28+,29-/m0/s1. The lowest BCUT2D eigenvalue weighted by molar-refractivity contribution is -0.145. The molecule has 4 aliphatic heterocycles. The highest BCUT2D eigenvalue weighted by atomic mass is 32.2. The van der Waals surface area contributed by atoms with Crippen molar-refractivity contribution in [1.29, 1.82) is 0 Å². The van der Waals surface area contributed by atoms with Gasteiger partial charge in [-0.3, -0.25) is 14.4 Å². The summed E-state index contributed by atoms with van der Waals surface area (Å²) in [4.78, 5) is 48.0. The van der Waals surface area contributed by atoms with Crippen LogP contribution in [0.2, 0.25) is 0 Å². The molecule has 1 aromatic carbocycles. The molecule has 0 aromatic heterocycles. The summed E-state index contributed by atoms with van der Waals surface area (Å²) in [5.41, 5.74) is 1.05. The van der Waals surface area contributed by atoms with Gasteiger partial charge in [-0.25, -0.2) is 0 Å². The first kappa shape index (κ1) is 26.0. The van der Waals surface area contributed by atoms with Crippen LogP contribution in [0.4, 0.5) is 0 Å². The van der Waals surface area contributed by atoms with E-state index in [4.69, 9.17) is 0 Å². The highest BCUT2D eigenvalue weighted by Gasteiger charge is 2.73. The van der Waals surface area contributed by atoms with E-state index in [-0.39, 0.29) is 30.4 Å². The number of carbonyl (C=O) groups excluding carboxylic acids is 3. The van der Waals surface area contributed by atoms with Crippen LogP contribution >= 0.6 is 11.8 Å². The van der Waals surface area contributed by atoms with Crippen LogP contribution in [0.1, 0.15) is 39.2 Å². The molecule has 4 heterocycles. The number of hydrogen-bond acceptors (Lipinski definition) is 5. The fraction of sp³-hybridized carbons (Fsp3) is 0.552. The minimum absolute atomic E-state index is 0.00361. The third-order valence-electron chi connectivity index (χ3n) is 8.32. The number of likely N-dealkylation sites (tertiary alicyclic amines) is 1. The van der Waals surface area contributed by atoms with Gasteiger partial charge in [0.15, 0.2) is 0 Å². The van der Waals surface area contributed by atoms with Crippen LogP contribution in [0.5, 0.6) is 0 Å². The van der Waals surface area contributed by atoms with Crippen LogP contribution < -0.4 is 0 Å². The zero-order valence-electron chi connectivity index (χ0n) is 21.9. The van der Waals surface area contributed by atoms with Gasteiger partial charge in [0.05, 0.1) is 16.6 Å². The predicted octanol–water partition coefficient (Wildman–Crippen LogP) is 2.85. The van der Waals surface area contributed by atoms with Gasteiger partial charge in [0.2, 0.25) is 17.7 Å². The smallest absolute Gasteiger partial charge is 0.247 e. The van der Waals surface area contributed by atoms with Crippen molar-refractivity contribution in [3.05, 3.63) is 60.2 Å². The van der Waals surface area contributed by atoms with E-state index in [1.54, 1.807) is 16.7 Å². The predicted molar refractivity (Wildman–Crippen MR) is 145 cm³/mol. The number of aliphatic hydroxyl groups excluding tert-OH is 1. The van der Waals surface area contributed by atoms with Crippen LogP contribution in [-0.2, 0) is 20.9 Å². The summed E-state index contributed by atoms with van der Waals surface area (Å²) in [6.45, 7) is 7.95. The number of amides is 3. The number of rotatable bonds is 7. The molecule has 5 rings (SSSR count). The summed E-state index contributed by atoms with van der Waals surface area (Å²) in [6, 6.07) is 9.25. The second-order valence-corrected chi connectivity index (χ2v) is 12.8. The lowest BCUT2D eigenvalue weighted by atomic mass is 9.74. The first-order chi connectivity index (χ1) is 17.7. The second-order valence-electron chi connectivity index (χ2n) is 11.1. The van der Waals surface area contributed by atoms with Crippen LogP contribution in [0.15, 0.2) is 54.6 Å². The van der Waals surface area contributed by atoms with Crippen molar-refractivity contribution in [3.63, 3.8) is 0 Å². The Bertz CT molecular complexity index is 1120. The molecule has 7 nitrogen and oxygen atoms in total. The van der Waals surface area contributed by atoms with Gasteiger partial charge < -0.3 is 19.8 Å². The number of nitrogens with zero attached hydrogens (tertiary/aromatic N) is 3. The highest BCUT2D eigenvalue weighted by molar-refractivity contribution is 8.02. The molecular weight excluding hydrogens is 486 g/mol. The van der Waals surface area contributed by atoms with Crippen LogP contribution in [0.3, 0.4) is 0 Å². The Morgan fingerprint density at radius 1 is 0.973 bits per heavy atom. The maximum absolute atomic E-state index is 14.3. The molecule has 198 valence electrons. The topological polar surface area (TPSA) is 81.2 Å². The van der Waals surface area contributed by atoms with Gasteiger partial charge in [-0.15, -0.1) is 11.8 Å². The first-order valence-electron chi connectivity index (χ1n) is 13.3. The zero-order valence-corrected chi connectivity index (χ0v) is 22.7. The molecule has 0 radical (unpaired) electrons. The molecule has 0 saturated carbocycles. The van der Waals surface area contributed by atoms with Crippen LogP contribution in [0, 0.1) is 11.8 Å². The van der Waals surface area contributed by atoms with Crippen molar-refractivity contribution < 1.29 is 19.5 Å². The Morgan fingerprint density at radius 2 is 1.70 bits per heavy atom. The van der Waals surface area contributed by atoms with Crippen molar-refractivity contribution >= 4 is 29.5 Å². The van der Waals surface area contributed by atoms with Crippen molar-refractivity contribution in [2.45, 2.75) is 61.7 Å². The molecule has 2 saturated heterocycles. The van der Waals surface area contributed by atoms with E-state index < -0.39 is 27.4 Å². The summed E-state index contributed by atoms with van der Waals surface area (Å²) >= 11 is 1.62. The SMILES string of the molecule is CC(C)N1CC=C[C@]23S[C@]4(C)C=CCN(Cc5ccccc5)C(=O)[C@@H]4[C@H]2C(=O)N(CCCCO)C3C1=O. The highest BCUT2D eigenvalue weighted by Crippen LogP contribution is 2.65. The number of benzene rings is 1. The molecule has 4 aliphatic rings. The molecular formula is C29H37N3O4S. The number of thioether (sulfide) groups is 1. The third-order valence-corrected chi connectivity index (χ3v) is 10.1. The molecule has 1 N–H and O–H groups in total. The van der Waals surface area contributed by atoms with Crippen LogP contribution in [-0.4, -0.2) is 85.3 Å². The van der Waals surface area contributed by atoms with Gasteiger partial charge in [0.1, 0.15) is 6.04 Å². The normalized spacial score (nSPS) is 33.1. The summed E-state index contributed by atoms with van der Waals surface area (Å²) < 4.78 is -1.41. The van der Waals surface area contributed by atoms with Gasteiger partial charge in [-0.2, -0.15) is 0 Å². The maximum Gasteiger partial charge on any atom is 0.247 e. The van der Waals surface area contributed by atoms with Crippen molar-refractivity contribution in [2.75, 3.05) is 26.2 Å². The number of fused-ring (bicyclic) bond motifs is 2. The summed E-state index contributed by atoms with van der Waals surface area (Å²) in [5, 5.41) is 9.36. The largest absolute Gasteiger partial charge is 0.396 e. The van der Waals surface area contributed by atoms with Gasteiger partial charge in [-0.05, 0) is 39.2 Å². The molecule has 8 heteroatoms.